The Morgan fingerprint density at radius 2 is 2.00 bits per heavy atom. The first-order chi connectivity index (χ1) is 11.4. The van der Waals surface area contributed by atoms with Gasteiger partial charge in [-0.15, -0.1) is 0 Å². The number of halogens is 1. The molecule has 3 rings (SSSR count). The number of carbonyl (C=O) groups is 1. The second kappa shape index (κ2) is 6.57. The van der Waals surface area contributed by atoms with Crippen LogP contribution in [-0.4, -0.2) is 20.9 Å². The van der Waals surface area contributed by atoms with Crippen LogP contribution in [0.15, 0.2) is 51.8 Å². The SMILES string of the molecule is CC(=O)N1CCCc2cc(S(=O)(=O)Nc3cccc(Br)c3)ccc21. The molecular formula is C17H17BrN2O3S. The number of sulfonamides is 1. The molecule has 0 aliphatic carbocycles. The summed E-state index contributed by atoms with van der Waals surface area (Å²) in [4.78, 5) is 13.6. The van der Waals surface area contributed by atoms with Crippen molar-refractivity contribution in [3.05, 3.63) is 52.5 Å². The predicted molar refractivity (Wildman–Crippen MR) is 97.7 cm³/mol. The number of hydrogen-bond donors (Lipinski definition) is 1. The second-order valence-corrected chi connectivity index (χ2v) is 8.28. The van der Waals surface area contributed by atoms with Gasteiger partial charge in [0.25, 0.3) is 10.0 Å². The zero-order valence-corrected chi connectivity index (χ0v) is 15.5. The number of hydrogen-bond acceptors (Lipinski definition) is 3. The molecule has 0 saturated carbocycles. The van der Waals surface area contributed by atoms with E-state index in [2.05, 4.69) is 20.7 Å². The molecule has 2 aromatic rings. The fraction of sp³-hybridized carbons (Fsp3) is 0.235. The van der Waals surface area contributed by atoms with Crippen LogP contribution in [0.3, 0.4) is 0 Å². The molecule has 1 aliphatic rings. The maximum atomic E-state index is 12.6. The van der Waals surface area contributed by atoms with Gasteiger partial charge >= 0.3 is 0 Å². The van der Waals surface area contributed by atoms with Gasteiger partial charge in [-0.2, -0.15) is 0 Å². The molecule has 24 heavy (non-hydrogen) atoms. The first-order valence-corrected chi connectivity index (χ1v) is 9.84. The van der Waals surface area contributed by atoms with Gasteiger partial charge < -0.3 is 4.90 Å². The molecule has 0 aromatic heterocycles. The molecular weight excluding hydrogens is 392 g/mol. The Labute approximate surface area is 149 Å². The van der Waals surface area contributed by atoms with Crippen molar-refractivity contribution in [3.8, 4) is 0 Å². The fourth-order valence-electron chi connectivity index (χ4n) is 2.83. The van der Waals surface area contributed by atoms with Crippen LogP contribution in [0, 0.1) is 0 Å². The third kappa shape index (κ3) is 3.47. The summed E-state index contributed by atoms with van der Waals surface area (Å²) < 4.78 is 28.6. The van der Waals surface area contributed by atoms with Gasteiger partial charge in [0, 0.05) is 29.3 Å². The summed E-state index contributed by atoms with van der Waals surface area (Å²) in [5, 5.41) is 0. The average Bonchev–Trinajstić information content (AvgIpc) is 2.53. The predicted octanol–water partition coefficient (Wildman–Crippen LogP) is 3.55. The Kier molecular flexibility index (Phi) is 4.64. The molecule has 0 atom stereocenters. The number of amides is 1. The number of fused-ring (bicyclic) bond motifs is 1. The smallest absolute Gasteiger partial charge is 0.261 e. The first kappa shape index (κ1) is 17.0. The van der Waals surface area contributed by atoms with Crippen molar-refractivity contribution in [1.82, 2.24) is 0 Å². The van der Waals surface area contributed by atoms with Crippen LogP contribution in [0.4, 0.5) is 11.4 Å². The molecule has 1 heterocycles. The lowest BCUT2D eigenvalue weighted by molar-refractivity contribution is -0.116. The molecule has 1 N–H and O–H groups in total. The monoisotopic (exact) mass is 408 g/mol. The Balaban J connectivity index is 1.93. The van der Waals surface area contributed by atoms with E-state index in [4.69, 9.17) is 0 Å². The molecule has 2 aromatic carbocycles. The highest BCUT2D eigenvalue weighted by Gasteiger charge is 2.23. The summed E-state index contributed by atoms with van der Waals surface area (Å²) in [6.45, 7) is 2.19. The average molecular weight is 409 g/mol. The van der Waals surface area contributed by atoms with Gasteiger partial charge in [-0.25, -0.2) is 8.42 Å². The van der Waals surface area contributed by atoms with E-state index >= 15 is 0 Å². The number of nitrogens with zero attached hydrogens (tertiary/aromatic N) is 1. The number of nitrogens with one attached hydrogen (secondary N) is 1. The van der Waals surface area contributed by atoms with Crippen molar-refractivity contribution in [2.24, 2.45) is 0 Å². The third-order valence-corrected chi connectivity index (χ3v) is 5.81. The summed E-state index contributed by atoms with van der Waals surface area (Å²) in [5.74, 6) is -0.0289. The second-order valence-electron chi connectivity index (χ2n) is 5.68. The van der Waals surface area contributed by atoms with E-state index in [-0.39, 0.29) is 10.8 Å². The molecule has 5 nitrogen and oxygen atoms in total. The third-order valence-electron chi connectivity index (χ3n) is 3.94. The molecule has 1 aliphatic heterocycles. The van der Waals surface area contributed by atoms with Gasteiger partial charge in [-0.3, -0.25) is 9.52 Å². The van der Waals surface area contributed by atoms with Gasteiger partial charge in [-0.05, 0) is 54.8 Å². The Morgan fingerprint density at radius 1 is 1.21 bits per heavy atom. The topological polar surface area (TPSA) is 66.5 Å². The maximum Gasteiger partial charge on any atom is 0.261 e. The first-order valence-electron chi connectivity index (χ1n) is 7.56. The minimum atomic E-state index is -3.68. The minimum absolute atomic E-state index is 0.0289. The molecule has 0 unspecified atom stereocenters. The minimum Gasteiger partial charge on any atom is -0.312 e. The molecule has 0 radical (unpaired) electrons. The van der Waals surface area contributed by atoms with Crippen LogP contribution in [0.25, 0.3) is 0 Å². The van der Waals surface area contributed by atoms with Crippen molar-refractivity contribution in [1.29, 1.82) is 0 Å². The Hall–Kier alpha value is -1.86. The highest BCUT2D eigenvalue weighted by Crippen LogP contribution is 2.30. The van der Waals surface area contributed by atoms with Gasteiger partial charge in [0.05, 0.1) is 4.90 Å². The van der Waals surface area contributed by atoms with Crippen LogP contribution >= 0.6 is 15.9 Å². The Bertz CT molecular complexity index is 896. The van der Waals surface area contributed by atoms with E-state index in [0.29, 0.717) is 12.2 Å². The van der Waals surface area contributed by atoms with Crippen molar-refractivity contribution in [2.45, 2.75) is 24.7 Å². The molecule has 0 fully saturated rings. The quantitative estimate of drug-likeness (QED) is 0.843. The summed E-state index contributed by atoms with van der Waals surface area (Å²) >= 11 is 3.32. The van der Waals surface area contributed by atoms with E-state index in [1.807, 2.05) is 6.07 Å². The number of benzene rings is 2. The number of anilines is 2. The molecule has 0 spiro atoms. The molecule has 7 heteroatoms. The van der Waals surface area contributed by atoms with Crippen molar-refractivity contribution in [3.63, 3.8) is 0 Å². The highest BCUT2D eigenvalue weighted by atomic mass is 79.9. The van der Waals surface area contributed by atoms with Crippen molar-refractivity contribution < 1.29 is 13.2 Å². The van der Waals surface area contributed by atoms with Gasteiger partial charge in [0.1, 0.15) is 0 Å². The standard InChI is InChI=1S/C17H17BrN2O3S/c1-12(21)20-9-3-4-13-10-16(7-8-17(13)20)24(22,23)19-15-6-2-5-14(18)11-15/h2,5-8,10-11,19H,3-4,9H2,1H3. The van der Waals surface area contributed by atoms with E-state index < -0.39 is 10.0 Å². The van der Waals surface area contributed by atoms with Crippen molar-refractivity contribution in [2.75, 3.05) is 16.2 Å². The summed E-state index contributed by atoms with van der Waals surface area (Å²) in [6.07, 6.45) is 1.59. The number of carbonyl (C=O) groups excluding carboxylic acids is 1. The van der Waals surface area contributed by atoms with Crippen LogP contribution in [0.2, 0.25) is 0 Å². The number of rotatable bonds is 3. The van der Waals surface area contributed by atoms with Gasteiger partial charge in [0.15, 0.2) is 0 Å². The Morgan fingerprint density at radius 3 is 2.71 bits per heavy atom. The highest BCUT2D eigenvalue weighted by molar-refractivity contribution is 9.10. The summed E-state index contributed by atoms with van der Waals surface area (Å²) in [6, 6.07) is 11.9. The lowest BCUT2D eigenvalue weighted by Crippen LogP contribution is -2.33. The molecule has 0 bridgehead atoms. The lowest BCUT2D eigenvalue weighted by Gasteiger charge is -2.28. The van der Waals surface area contributed by atoms with E-state index in [0.717, 1.165) is 28.6 Å². The van der Waals surface area contributed by atoms with Crippen LogP contribution in [0.1, 0.15) is 18.9 Å². The zero-order valence-electron chi connectivity index (χ0n) is 13.1. The van der Waals surface area contributed by atoms with E-state index in [1.54, 1.807) is 41.3 Å². The van der Waals surface area contributed by atoms with Gasteiger partial charge in [0.2, 0.25) is 5.91 Å². The summed E-state index contributed by atoms with van der Waals surface area (Å²) in [7, 11) is -3.68. The van der Waals surface area contributed by atoms with E-state index in [9.17, 15) is 13.2 Å². The maximum absolute atomic E-state index is 12.6. The lowest BCUT2D eigenvalue weighted by atomic mass is 10.0. The van der Waals surface area contributed by atoms with Crippen LogP contribution in [-0.2, 0) is 21.2 Å². The van der Waals surface area contributed by atoms with Crippen molar-refractivity contribution >= 4 is 43.2 Å². The summed E-state index contributed by atoms with van der Waals surface area (Å²) in [5.41, 5.74) is 2.18. The van der Waals surface area contributed by atoms with E-state index in [1.165, 1.54) is 6.92 Å². The fourth-order valence-corrected chi connectivity index (χ4v) is 4.33. The number of aryl methyl sites for hydroxylation is 1. The van der Waals surface area contributed by atoms with Crippen LogP contribution in [0.5, 0.6) is 0 Å². The van der Waals surface area contributed by atoms with Crippen LogP contribution < -0.4 is 9.62 Å². The molecule has 1 amide bonds. The van der Waals surface area contributed by atoms with Gasteiger partial charge in [-0.1, -0.05) is 22.0 Å². The largest absolute Gasteiger partial charge is 0.312 e. The molecule has 0 saturated heterocycles. The molecule has 126 valence electrons. The normalized spacial score (nSPS) is 14.2. The zero-order chi connectivity index (χ0) is 17.3.